The molecule has 1 fully saturated rings. The number of rotatable bonds is 5. The van der Waals surface area contributed by atoms with Gasteiger partial charge in [0.2, 0.25) is 11.7 Å². The van der Waals surface area contributed by atoms with E-state index in [1.54, 1.807) is 22.2 Å². The Hall–Kier alpha value is -3.33. The van der Waals surface area contributed by atoms with Crippen LogP contribution >= 0.6 is 11.3 Å². The van der Waals surface area contributed by atoms with Gasteiger partial charge in [0.15, 0.2) is 5.69 Å². The third kappa shape index (κ3) is 3.68. The molecule has 29 heavy (non-hydrogen) atoms. The molecular formula is C20H18N6O2S. The molecule has 9 heteroatoms. The summed E-state index contributed by atoms with van der Waals surface area (Å²) in [4.78, 5) is 18.8. The second-order valence-corrected chi connectivity index (χ2v) is 7.74. The number of hydrogen-bond acceptors (Lipinski definition) is 7. The maximum atomic E-state index is 12.5. The minimum atomic E-state index is 0.0965. The van der Waals surface area contributed by atoms with Crippen molar-refractivity contribution in [3.05, 3.63) is 58.9 Å². The molecule has 5 rings (SSSR count). The molecule has 0 aliphatic carbocycles. The van der Waals surface area contributed by atoms with E-state index in [-0.39, 0.29) is 11.9 Å². The Labute approximate surface area is 170 Å². The van der Waals surface area contributed by atoms with Gasteiger partial charge in [-0.15, -0.1) is 5.10 Å². The number of likely N-dealkylation sites (tertiary alicyclic amines) is 1. The third-order valence-corrected chi connectivity index (χ3v) is 5.75. The van der Waals surface area contributed by atoms with Gasteiger partial charge in [-0.25, -0.2) is 4.68 Å². The fourth-order valence-corrected chi connectivity index (χ4v) is 4.12. The molecule has 8 nitrogen and oxygen atoms in total. The Kier molecular flexibility index (Phi) is 4.65. The van der Waals surface area contributed by atoms with Crippen LogP contribution in [-0.4, -0.2) is 49.0 Å². The molecule has 4 heterocycles. The number of carbonyl (C=O) groups excluding carboxylic acids is 1. The van der Waals surface area contributed by atoms with Crippen molar-refractivity contribution in [1.29, 1.82) is 0 Å². The molecule has 146 valence electrons. The monoisotopic (exact) mass is 406 g/mol. The van der Waals surface area contributed by atoms with E-state index in [1.807, 2.05) is 52.1 Å². The standard InChI is InChI=1S/C20H18N6O2S/c27-18(10-14-7-9-29-13-14)25-8-6-16(11-25)26-12-17(22-24-26)20-21-19(23-28-20)15-4-2-1-3-5-15/h1-5,7,9,12-13,16H,6,8,10-11H2/t16-/m1/s1. The van der Waals surface area contributed by atoms with Gasteiger partial charge in [0, 0.05) is 18.7 Å². The molecule has 4 aromatic rings. The topological polar surface area (TPSA) is 89.9 Å². The quantitative estimate of drug-likeness (QED) is 0.506. The van der Waals surface area contributed by atoms with E-state index in [2.05, 4.69) is 20.5 Å². The normalized spacial score (nSPS) is 16.4. The summed E-state index contributed by atoms with van der Waals surface area (Å²) in [5.74, 6) is 0.996. The summed E-state index contributed by atoms with van der Waals surface area (Å²) >= 11 is 1.61. The van der Waals surface area contributed by atoms with Crippen LogP contribution in [0.3, 0.4) is 0 Å². The molecule has 0 unspecified atom stereocenters. The zero-order valence-electron chi connectivity index (χ0n) is 15.5. The minimum Gasteiger partial charge on any atom is -0.340 e. The second-order valence-electron chi connectivity index (χ2n) is 6.96. The Morgan fingerprint density at radius 1 is 1.24 bits per heavy atom. The highest BCUT2D eigenvalue weighted by molar-refractivity contribution is 7.08. The highest BCUT2D eigenvalue weighted by Crippen LogP contribution is 2.25. The predicted octanol–water partition coefficient (Wildman–Crippen LogP) is 3.07. The molecular weight excluding hydrogens is 388 g/mol. The van der Waals surface area contributed by atoms with Crippen LogP contribution < -0.4 is 0 Å². The summed E-state index contributed by atoms with van der Waals surface area (Å²) in [5.41, 5.74) is 2.48. The Balaban J connectivity index is 1.26. The summed E-state index contributed by atoms with van der Waals surface area (Å²) < 4.78 is 7.15. The number of carbonyl (C=O) groups is 1. The SMILES string of the molecule is O=C(Cc1ccsc1)N1CC[C@@H](n2cc(-c3nc(-c4ccccc4)no3)nn2)C1. The van der Waals surface area contributed by atoms with Crippen molar-refractivity contribution in [3.8, 4) is 23.0 Å². The summed E-state index contributed by atoms with van der Waals surface area (Å²) in [5, 5.41) is 16.4. The first kappa shape index (κ1) is 17.7. The van der Waals surface area contributed by atoms with Crippen LogP contribution in [0.15, 0.2) is 57.9 Å². The van der Waals surface area contributed by atoms with Gasteiger partial charge >= 0.3 is 0 Å². The summed E-state index contributed by atoms with van der Waals surface area (Å²) in [6.07, 6.45) is 3.10. The van der Waals surface area contributed by atoms with Gasteiger partial charge in [-0.2, -0.15) is 16.3 Å². The zero-order chi connectivity index (χ0) is 19.6. The lowest BCUT2D eigenvalue weighted by atomic mass is 10.2. The van der Waals surface area contributed by atoms with Crippen LogP contribution in [0.1, 0.15) is 18.0 Å². The molecule has 0 N–H and O–H groups in total. The van der Waals surface area contributed by atoms with Gasteiger partial charge in [0.25, 0.3) is 5.89 Å². The average molecular weight is 406 g/mol. The largest absolute Gasteiger partial charge is 0.340 e. The van der Waals surface area contributed by atoms with Gasteiger partial charge in [0.05, 0.1) is 18.7 Å². The first-order chi connectivity index (χ1) is 14.3. The molecule has 0 radical (unpaired) electrons. The first-order valence-corrected chi connectivity index (χ1v) is 10.3. The van der Waals surface area contributed by atoms with E-state index in [9.17, 15) is 4.79 Å². The number of hydrogen-bond donors (Lipinski definition) is 0. The van der Waals surface area contributed by atoms with E-state index in [0.29, 0.717) is 30.4 Å². The van der Waals surface area contributed by atoms with E-state index >= 15 is 0 Å². The van der Waals surface area contributed by atoms with Crippen molar-refractivity contribution < 1.29 is 9.32 Å². The first-order valence-electron chi connectivity index (χ1n) is 9.36. The van der Waals surface area contributed by atoms with Crippen molar-refractivity contribution >= 4 is 17.2 Å². The fourth-order valence-electron chi connectivity index (χ4n) is 3.45. The number of benzene rings is 1. The summed E-state index contributed by atoms with van der Waals surface area (Å²) in [6.45, 7) is 1.35. The van der Waals surface area contributed by atoms with Crippen LogP contribution in [0.4, 0.5) is 0 Å². The van der Waals surface area contributed by atoms with Crippen molar-refractivity contribution in [2.24, 2.45) is 0 Å². The number of nitrogens with zero attached hydrogens (tertiary/aromatic N) is 6. The minimum absolute atomic E-state index is 0.0965. The van der Waals surface area contributed by atoms with Crippen molar-refractivity contribution in [2.75, 3.05) is 13.1 Å². The highest BCUT2D eigenvalue weighted by atomic mass is 32.1. The van der Waals surface area contributed by atoms with Crippen LogP contribution in [0.25, 0.3) is 23.0 Å². The molecule has 0 spiro atoms. The molecule has 1 aliphatic heterocycles. The van der Waals surface area contributed by atoms with Gasteiger partial charge in [-0.1, -0.05) is 40.7 Å². The van der Waals surface area contributed by atoms with E-state index in [0.717, 1.165) is 24.1 Å². The van der Waals surface area contributed by atoms with E-state index in [1.165, 1.54) is 0 Å². The average Bonchev–Trinajstić information content (AvgIpc) is 3.55. The van der Waals surface area contributed by atoms with Gasteiger partial charge in [-0.05, 0) is 28.8 Å². The van der Waals surface area contributed by atoms with Crippen LogP contribution in [-0.2, 0) is 11.2 Å². The maximum absolute atomic E-state index is 12.5. The Bertz CT molecular complexity index is 1110. The van der Waals surface area contributed by atoms with Crippen LogP contribution in [0.5, 0.6) is 0 Å². The second kappa shape index (κ2) is 7.59. The molecule has 0 bridgehead atoms. The smallest absolute Gasteiger partial charge is 0.280 e. The van der Waals surface area contributed by atoms with Gasteiger partial charge in [0.1, 0.15) is 0 Å². The highest BCUT2D eigenvalue weighted by Gasteiger charge is 2.28. The lowest BCUT2D eigenvalue weighted by Crippen LogP contribution is -2.30. The number of amides is 1. The molecule has 1 amide bonds. The zero-order valence-corrected chi connectivity index (χ0v) is 16.3. The molecule has 1 atom stereocenters. The summed E-state index contributed by atoms with van der Waals surface area (Å²) in [6, 6.07) is 11.7. The molecule has 0 saturated carbocycles. The van der Waals surface area contributed by atoms with E-state index in [4.69, 9.17) is 4.52 Å². The lowest BCUT2D eigenvalue weighted by molar-refractivity contribution is -0.129. The van der Waals surface area contributed by atoms with E-state index < -0.39 is 0 Å². The molecule has 1 saturated heterocycles. The molecule has 1 aromatic carbocycles. The molecule has 1 aliphatic rings. The Morgan fingerprint density at radius 2 is 2.14 bits per heavy atom. The number of aromatic nitrogens is 5. The molecule has 3 aromatic heterocycles. The predicted molar refractivity (Wildman–Crippen MR) is 107 cm³/mol. The van der Waals surface area contributed by atoms with Crippen LogP contribution in [0.2, 0.25) is 0 Å². The van der Waals surface area contributed by atoms with Crippen LogP contribution in [0, 0.1) is 0 Å². The maximum Gasteiger partial charge on any atom is 0.280 e. The van der Waals surface area contributed by atoms with Gasteiger partial charge in [-0.3, -0.25) is 4.79 Å². The lowest BCUT2D eigenvalue weighted by Gasteiger charge is -2.16. The summed E-state index contributed by atoms with van der Waals surface area (Å²) in [7, 11) is 0. The Morgan fingerprint density at radius 3 is 2.97 bits per heavy atom. The van der Waals surface area contributed by atoms with Crippen molar-refractivity contribution in [3.63, 3.8) is 0 Å². The van der Waals surface area contributed by atoms with Crippen molar-refractivity contribution in [1.82, 2.24) is 30.0 Å². The number of thiophene rings is 1. The van der Waals surface area contributed by atoms with Gasteiger partial charge < -0.3 is 9.42 Å². The van der Waals surface area contributed by atoms with Crippen molar-refractivity contribution in [2.45, 2.75) is 18.9 Å². The third-order valence-electron chi connectivity index (χ3n) is 5.01. The fraction of sp³-hybridized carbons (Fsp3) is 0.250.